The lowest BCUT2D eigenvalue weighted by Crippen LogP contribution is -2.39. The minimum atomic E-state index is -0.0485. The van der Waals surface area contributed by atoms with E-state index in [0.717, 1.165) is 6.42 Å². The molecule has 0 aromatic heterocycles. The van der Waals surface area contributed by atoms with Crippen LogP contribution in [0.2, 0.25) is 0 Å². The lowest BCUT2D eigenvalue weighted by atomic mass is 9.98. The van der Waals surface area contributed by atoms with Crippen molar-refractivity contribution in [1.29, 1.82) is 0 Å². The highest BCUT2D eigenvalue weighted by Crippen LogP contribution is 2.36. The molecule has 0 N–H and O–H groups in total. The van der Waals surface area contributed by atoms with E-state index in [2.05, 4.69) is 50.8 Å². The van der Waals surface area contributed by atoms with Gasteiger partial charge in [-0.15, -0.1) is 0 Å². The van der Waals surface area contributed by atoms with E-state index in [9.17, 15) is 4.79 Å². The summed E-state index contributed by atoms with van der Waals surface area (Å²) < 4.78 is 0. The van der Waals surface area contributed by atoms with Crippen LogP contribution in [0.1, 0.15) is 38.3 Å². The number of benzene rings is 1. The standard InChI is InChI=1S/C15H21NO/c1-5-12-8-6-7-11(2)14(12)16-10-13(17)9-15(16,3)4/h6-8H,5,9-10H2,1-4H3. The summed E-state index contributed by atoms with van der Waals surface area (Å²) in [4.78, 5) is 14.0. The van der Waals surface area contributed by atoms with Crippen molar-refractivity contribution in [2.45, 2.75) is 46.1 Å². The molecule has 2 nitrogen and oxygen atoms in total. The topological polar surface area (TPSA) is 20.3 Å². The van der Waals surface area contributed by atoms with E-state index >= 15 is 0 Å². The zero-order valence-corrected chi connectivity index (χ0v) is 11.2. The zero-order valence-electron chi connectivity index (χ0n) is 11.2. The highest BCUT2D eigenvalue weighted by atomic mass is 16.1. The number of carbonyl (C=O) groups is 1. The van der Waals surface area contributed by atoms with E-state index in [-0.39, 0.29) is 5.54 Å². The molecule has 1 aliphatic heterocycles. The van der Waals surface area contributed by atoms with Gasteiger partial charge in [0.15, 0.2) is 5.78 Å². The first kappa shape index (κ1) is 12.2. The molecule has 1 aliphatic rings. The van der Waals surface area contributed by atoms with Crippen LogP contribution >= 0.6 is 0 Å². The van der Waals surface area contributed by atoms with Gasteiger partial charge in [0.2, 0.25) is 0 Å². The maximum atomic E-state index is 11.7. The van der Waals surface area contributed by atoms with Gasteiger partial charge in [0.05, 0.1) is 6.54 Å². The second-order valence-electron chi connectivity index (χ2n) is 5.55. The van der Waals surface area contributed by atoms with Crippen LogP contribution in [-0.2, 0) is 11.2 Å². The SMILES string of the molecule is CCc1cccc(C)c1N1CC(=O)CC1(C)C. The van der Waals surface area contributed by atoms with Crippen LogP contribution in [0.4, 0.5) is 5.69 Å². The Labute approximate surface area is 104 Å². The predicted octanol–water partition coefficient (Wildman–Crippen LogP) is 3.12. The van der Waals surface area contributed by atoms with Gasteiger partial charge >= 0.3 is 0 Å². The first-order chi connectivity index (χ1) is 7.95. The third-order valence-corrected chi connectivity index (χ3v) is 3.67. The maximum Gasteiger partial charge on any atom is 0.154 e. The number of hydrogen-bond donors (Lipinski definition) is 0. The molecule has 0 unspecified atom stereocenters. The van der Waals surface area contributed by atoms with Crippen LogP contribution in [0.25, 0.3) is 0 Å². The van der Waals surface area contributed by atoms with Crippen LogP contribution in [0.15, 0.2) is 18.2 Å². The molecule has 17 heavy (non-hydrogen) atoms. The summed E-state index contributed by atoms with van der Waals surface area (Å²) in [5.74, 6) is 0.348. The number of hydrogen-bond acceptors (Lipinski definition) is 2. The summed E-state index contributed by atoms with van der Waals surface area (Å²) in [5.41, 5.74) is 3.83. The molecule has 0 radical (unpaired) electrons. The molecule has 0 atom stereocenters. The van der Waals surface area contributed by atoms with E-state index in [1.807, 2.05) is 0 Å². The number of carbonyl (C=O) groups excluding carboxylic acids is 1. The van der Waals surface area contributed by atoms with Crippen molar-refractivity contribution in [2.75, 3.05) is 11.4 Å². The largest absolute Gasteiger partial charge is 0.358 e. The molecule has 92 valence electrons. The lowest BCUT2D eigenvalue weighted by Gasteiger charge is -2.35. The fraction of sp³-hybridized carbons (Fsp3) is 0.533. The molecule has 2 heteroatoms. The van der Waals surface area contributed by atoms with Crippen molar-refractivity contribution in [3.8, 4) is 0 Å². The van der Waals surface area contributed by atoms with E-state index < -0.39 is 0 Å². The Morgan fingerprint density at radius 3 is 2.59 bits per heavy atom. The van der Waals surface area contributed by atoms with Crippen molar-refractivity contribution in [2.24, 2.45) is 0 Å². The third-order valence-electron chi connectivity index (χ3n) is 3.67. The van der Waals surface area contributed by atoms with Gasteiger partial charge in [0, 0.05) is 17.6 Å². The predicted molar refractivity (Wildman–Crippen MR) is 71.6 cm³/mol. The van der Waals surface area contributed by atoms with Crippen molar-refractivity contribution in [1.82, 2.24) is 0 Å². The molecule has 1 aromatic carbocycles. The first-order valence-electron chi connectivity index (χ1n) is 6.33. The summed E-state index contributed by atoms with van der Waals surface area (Å²) in [6, 6.07) is 6.40. The molecule has 2 rings (SSSR count). The second-order valence-corrected chi connectivity index (χ2v) is 5.55. The van der Waals surface area contributed by atoms with Crippen LogP contribution in [0.3, 0.4) is 0 Å². The number of ketones is 1. The van der Waals surface area contributed by atoms with E-state index in [4.69, 9.17) is 0 Å². The Bertz CT molecular complexity index is 448. The summed E-state index contributed by atoms with van der Waals surface area (Å²) in [6.45, 7) is 9.18. The van der Waals surface area contributed by atoms with Gasteiger partial charge in [0.25, 0.3) is 0 Å². The van der Waals surface area contributed by atoms with Gasteiger partial charge in [0.1, 0.15) is 0 Å². The second kappa shape index (κ2) is 4.17. The van der Waals surface area contributed by atoms with Gasteiger partial charge < -0.3 is 4.90 Å². The van der Waals surface area contributed by atoms with Crippen molar-refractivity contribution < 1.29 is 4.79 Å². The Morgan fingerprint density at radius 2 is 2.06 bits per heavy atom. The van der Waals surface area contributed by atoms with Crippen molar-refractivity contribution >= 4 is 11.5 Å². The Balaban J connectivity index is 2.50. The summed E-state index contributed by atoms with van der Waals surface area (Å²) in [6.07, 6.45) is 1.67. The molecule has 1 saturated heterocycles. The van der Waals surface area contributed by atoms with Crippen LogP contribution < -0.4 is 4.90 Å². The smallest absolute Gasteiger partial charge is 0.154 e. The summed E-state index contributed by atoms with van der Waals surface area (Å²) >= 11 is 0. The maximum absolute atomic E-state index is 11.7. The quantitative estimate of drug-likeness (QED) is 0.779. The normalized spacial score (nSPS) is 18.8. The minimum absolute atomic E-state index is 0.0485. The molecule has 0 bridgehead atoms. The molecule has 1 heterocycles. The highest BCUT2D eigenvalue weighted by molar-refractivity contribution is 5.90. The molecule has 1 aromatic rings. The number of nitrogens with zero attached hydrogens (tertiary/aromatic N) is 1. The van der Waals surface area contributed by atoms with Gasteiger partial charge in [-0.1, -0.05) is 25.1 Å². The number of Topliss-reactive ketones (excluding diaryl/α,β-unsaturated/α-hetero) is 1. The number of aryl methyl sites for hydroxylation is 2. The molecular weight excluding hydrogens is 210 g/mol. The number of anilines is 1. The van der Waals surface area contributed by atoms with Crippen molar-refractivity contribution in [3.63, 3.8) is 0 Å². The molecule has 0 aliphatic carbocycles. The fourth-order valence-corrected chi connectivity index (χ4v) is 2.80. The molecule has 0 saturated carbocycles. The van der Waals surface area contributed by atoms with Gasteiger partial charge in [-0.3, -0.25) is 4.79 Å². The Kier molecular flexibility index (Phi) is 2.98. The average Bonchev–Trinajstić information content (AvgIpc) is 2.51. The highest BCUT2D eigenvalue weighted by Gasteiger charge is 2.38. The molecule has 1 fully saturated rings. The summed E-state index contributed by atoms with van der Waals surface area (Å²) in [5, 5.41) is 0. The van der Waals surface area contributed by atoms with E-state index in [1.165, 1.54) is 16.8 Å². The van der Waals surface area contributed by atoms with Crippen LogP contribution in [0.5, 0.6) is 0 Å². The van der Waals surface area contributed by atoms with Crippen molar-refractivity contribution in [3.05, 3.63) is 29.3 Å². The monoisotopic (exact) mass is 231 g/mol. The summed E-state index contributed by atoms with van der Waals surface area (Å²) in [7, 11) is 0. The number of para-hydroxylation sites is 1. The van der Waals surface area contributed by atoms with Gasteiger partial charge in [-0.2, -0.15) is 0 Å². The van der Waals surface area contributed by atoms with Crippen LogP contribution in [0, 0.1) is 6.92 Å². The zero-order chi connectivity index (χ0) is 12.6. The molecule has 0 spiro atoms. The first-order valence-corrected chi connectivity index (χ1v) is 6.33. The Morgan fingerprint density at radius 1 is 1.35 bits per heavy atom. The van der Waals surface area contributed by atoms with Gasteiger partial charge in [-0.05, 0) is 38.3 Å². The molecular formula is C15H21NO. The van der Waals surface area contributed by atoms with E-state index in [1.54, 1.807) is 0 Å². The fourth-order valence-electron chi connectivity index (χ4n) is 2.80. The van der Waals surface area contributed by atoms with Crippen LogP contribution in [-0.4, -0.2) is 17.9 Å². The lowest BCUT2D eigenvalue weighted by molar-refractivity contribution is -0.116. The number of rotatable bonds is 2. The van der Waals surface area contributed by atoms with E-state index in [0.29, 0.717) is 18.7 Å². The third kappa shape index (κ3) is 2.08. The Hall–Kier alpha value is -1.31. The average molecular weight is 231 g/mol. The molecule has 0 amide bonds. The van der Waals surface area contributed by atoms with Gasteiger partial charge in [-0.25, -0.2) is 0 Å². The minimum Gasteiger partial charge on any atom is -0.358 e.